The minimum absolute atomic E-state index is 0.157. The first-order valence-corrected chi connectivity index (χ1v) is 5.99. The molecule has 0 aliphatic rings. The highest BCUT2D eigenvalue weighted by Crippen LogP contribution is 2.10. The number of halogens is 1. The lowest BCUT2D eigenvalue weighted by Crippen LogP contribution is -2.25. The zero-order valence-corrected chi connectivity index (χ0v) is 10.4. The van der Waals surface area contributed by atoms with E-state index in [1.807, 2.05) is 18.2 Å². The number of nitrogens with two attached hydrogens (primary N) is 1. The van der Waals surface area contributed by atoms with Crippen molar-refractivity contribution in [3.05, 3.63) is 65.5 Å². The van der Waals surface area contributed by atoms with Crippen LogP contribution in [0.3, 0.4) is 0 Å². The zero-order chi connectivity index (χ0) is 13.7. The molecule has 1 amide bonds. The fraction of sp³-hybridized carbons (Fsp3) is 0.133. The van der Waals surface area contributed by atoms with Gasteiger partial charge < -0.3 is 11.1 Å². The molecule has 2 aromatic carbocycles. The highest BCUT2D eigenvalue weighted by molar-refractivity contribution is 5.78. The summed E-state index contributed by atoms with van der Waals surface area (Å²) in [6.45, 7) is 0.376. The lowest BCUT2D eigenvalue weighted by molar-refractivity contribution is -0.120. The second-order valence-electron chi connectivity index (χ2n) is 4.28. The molecular formula is C15H15FN2O. The molecule has 0 aliphatic carbocycles. The maximum absolute atomic E-state index is 13.0. The third kappa shape index (κ3) is 3.81. The van der Waals surface area contributed by atoms with Crippen molar-refractivity contribution >= 4 is 11.6 Å². The van der Waals surface area contributed by atoms with Gasteiger partial charge in [-0.05, 0) is 29.3 Å². The number of nitrogen functional groups attached to an aromatic ring is 1. The highest BCUT2D eigenvalue weighted by Gasteiger charge is 2.05. The largest absolute Gasteiger partial charge is 0.398 e. The Morgan fingerprint density at radius 1 is 1.16 bits per heavy atom. The summed E-state index contributed by atoms with van der Waals surface area (Å²) in [4.78, 5) is 11.7. The molecule has 0 heterocycles. The summed E-state index contributed by atoms with van der Waals surface area (Å²) in [5.41, 5.74) is 7.95. The van der Waals surface area contributed by atoms with Crippen LogP contribution in [0.2, 0.25) is 0 Å². The lowest BCUT2D eigenvalue weighted by Gasteiger charge is -2.07. The van der Waals surface area contributed by atoms with E-state index in [0.29, 0.717) is 17.8 Å². The number of amides is 1. The fourth-order valence-corrected chi connectivity index (χ4v) is 1.78. The predicted molar refractivity (Wildman–Crippen MR) is 72.8 cm³/mol. The Morgan fingerprint density at radius 2 is 1.95 bits per heavy atom. The molecule has 4 heteroatoms. The summed E-state index contributed by atoms with van der Waals surface area (Å²) in [5, 5.41) is 2.77. The second-order valence-corrected chi connectivity index (χ2v) is 4.28. The van der Waals surface area contributed by atoms with E-state index in [9.17, 15) is 9.18 Å². The molecule has 0 spiro atoms. The molecule has 0 aromatic heterocycles. The smallest absolute Gasteiger partial charge is 0.224 e. The number of rotatable bonds is 4. The summed E-state index contributed by atoms with van der Waals surface area (Å²) < 4.78 is 13.0. The Labute approximate surface area is 111 Å². The van der Waals surface area contributed by atoms with Gasteiger partial charge in [-0.15, -0.1) is 0 Å². The molecule has 0 aliphatic heterocycles. The summed E-state index contributed by atoms with van der Waals surface area (Å²) in [5.74, 6) is -0.494. The zero-order valence-electron chi connectivity index (χ0n) is 10.4. The fourth-order valence-electron chi connectivity index (χ4n) is 1.78. The summed E-state index contributed by atoms with van der Waals surface area (Å²) in [6, 6.07) is 13.4. The van der Waals surface area contributed by atoms with E-state index in [1.54, 1.807) is 18.2 Å². The van der Waals surface area contributed by atoms with E-state index >= 15 is 0 Å². The van der Waals surface area contributed by atoms with Crippen LogP contribution in [0.1, 0.15) is 11.1 Å². The first kappa shape index (κ1) is 13.1. The van der Waals surface area contributed by atoms with Crippen LogP contribution in [0.4, 0.5) is 10.1 Å². The normalized spacial score (nSPS) is 10.2. The summed E-state index contributed by atoms with van der Waals surface area (Å²) in [7, 11) is 0. The Balaban J connectivity index is 1.90. The van der Waals surface area contributed by atoms with Gasteiger partial charge in [0, 0.05) is 12.2 Å². The number of hydrogen-bond acceptors (Lipinski definition) is 2. The van der Waals surface area contributed by atoms with Crippen molar-refractivity contribution in [3.8, 4) is 0 Å². The van der Waals surface area contributed by atoms with Crippen LogP contribution in [0.5, 0.6) is 0 Å². The molecule has 0 fully saturated rings. The molecule has 0 saturated heterocycles. The standard InChI is InChI=1S/C15H15FN2O/c16-13-6-3-4-11(8-13)9-15(19)18-10-12-5-1-2-7-14(12)17/h1-8H,9-10,17H2,(H,18,19). The molecule has 0 unspecified atom stereocenters. The van der Waals surface area contributed by atoms with E-state index in [0.717, 1.165) is 5.56 Å². The van der Waals surface area contributed by atoms with Crippen LogP contribution in [0, 0.1) is 5.82 Å². The maximum atomic E-state index is 13.0. The molecule has 98 valence electrons. The van der Waals surface area contributed by atoms with Crippen LogP contribution in [0.25, 0.3) is 0 Å². The van der Waals surface area contributed by atoms with E-state index in [2.05, 4.69) is 5.32 Å². The minimum Gasteiger partial charge on any atom is -0.398 e. The van der Waals surface area contributed by atoms with Gasteiger partial charge >= 0.3 is 0 Å². The second kappa shape index (κ2) is 6.00. The lowest BCUT2D eigenvalue weighted by atomic mass is 10.1. The number of hydrogen-bond donors (Lipinski definition) is 2. The van der Waals surface area contributed by atoms with Crippen LogP contribution in [-0.2, 0) is 17.8 Å². The van der Waals surface area contributed by atoms with Gasteiger partial charge in [0.2, 0.25) is 5.91 Å². The van der Waals surface area contributed by atoms with Crippen molar-refractivity contribution in [2.75, 3.05) is 5.73 Å². The number of anilines is 1. The van der Waals surface area contributed by atoms with Gasteiger partial charge in [0.15, 0.2) is 0 Å². The topological polar surface area (TPSA) is 55.1 Å². The van der Waals surface area contributed by atoms with Gasteiger partial charge in [0.05, 0.1) is 6.42 Å². The molecule has 0 saturated carbocycles. The monoisotopic (exact) mass is 258 g/mol. The van der Waals surface area contributed by atoms with Crippen molar-refractivity contribution in [2.45, 2.75) is 13.0 Å². The average molecular weight is 258 g/mol. The number of benzene rings is 2. The third-order valence-electron chi connectivity index (χ3n) is 2.78. The Hall–Kier alpha value is -2.36. The molecule has 3 nitrogen and oxygen atoms in total. The minimum atomic E-state index is -0.336. The molecule has 0 atom stereocenters. The first-order valence-electron chi connectivity index (χ1n) is 5.99. The molecule has 0 bridgehead atoms. The average Bonchev–Trinajstić information content (AvgIpc) is 2.38. The van der Waals surface area contributed by atoms with Crippen molar-refractivity contribution in [1.82, 2.24) is 5.32 Å². The van der Waals surface area contributed by atoms with Gasteiger partial charge in [0.1, 0.15) is 5.82 Å². The molecule has 0 radical (unpaired) electrons. The molecule has 19 heavy (non-hydrogen) atoms. The number of para-hydroxylation sites is 1. The van der Waals surface area contributed by atoms with Gasteiger partial charge in [-0.1, -0.05) is 30.3 Å². The van der Waals surface area contributed by atoms with Crippen LogP contribution in [-0.4, -0.2) is 5.91 Å². The van der Waals surface area contributed by atoms with E-state index in [4.69, 9.17) is 5.73 Å². The number of carbonyl (C=O) groups is 1. The number of carbonyl (C=O) groups excluding carboxylic acids is 1. The van der Waals surface area contributed by atoms with Crippen molar-refractivity contribution in [1.29, 1.82) is 0 Å². The van der Waals surface area contributed by atoms with Crippen molar-refractivity contribution in [2.24, 2.45) is 0 Å². The Bertz CT molecular complexity index is 584. The third-order valence-corrected chi connectivity index (χ3v) is 2.78. The quantitative estimate of drug-likeness (QED) is 0.826. The van der Waals surface area contributed by atoms with Crippen LogP contribution >= 0.6 is 0 Å². The molecule has 3 N–H and O–H groups in total. The van der Waals surface area contributed by atoms with Crippen LogP contribution < -0.4 is 11.1 Å². The molecule has 2 rings (SSSR count). The first-order chi connectivity index (χ1) is 9.15. The van der Waals surface area contributed by atoms with Gasteiger partial charge in [-0.25, -0.2) is 4.39 Å². The Kier molecular flexibility index (Phi) is 4.13. The summed E-state index contributed by atoms with van der Waals surface area (Å²) in [6.07, 6.45) is 0.157. The van der Waals surface area contributed by atoms with Crippen molar-refractivity contribution < 1.29 is 9.18 Å². The van der Waals surface area contributed by atoms with E-state index in [-0.39, 0.29) is 18.1 Å². The molecular weight excluding hydrogens is 243 g/mol. The predicted octanol–water partition coefficient (Wildman–Crippen LogP) is 2.27. The van der Waals surface area contributed by atoms with Gasteiger partial charge in [-0.2, -0.15) is 0 Å². The van der Waals surface area contributed by atoms with E-state index < -0.39 is 0 Å². The van der Waals surface area contributed by atoms with E-state index in [1.165, 1.54) is 12.1 Å². The van der Waals surface area contributed by atoms with Crippen molar-refractivity contribution in [3.63, 3.8) is 0 Å². The molecule has 2 aromatic rings. The maximum Gasteiger partial charge on any atom is 0.224 e. The van der Waals surface area contributed by atoms with Crippen LogP contribution in [0.15, 0.2) is 48.5 Å². The summed E-state index contributed by atoms with van der Waals surface area (Å²) >= 11 is 0. The van der Waals surface area contributed by atoms with Gasteiger partial charge in [-0.3, -0.25) is 4.79 Å². The Morgan fingerprint density at radius 3 is 2.68 bits per heavy atom. The number of nitrogens with one attached hydrogen (secondary N) is 1. The van der Waals surface area contributed by atoms with Gasteiger partial charge in [0.25, 0.3) is 0 Å². The highest BCUT2D eigenvalue weighted by atomic mass is 19.1. The SMILES string of the molecule is Nc1ccccc1CNC(=O)Cc1cccc(F)c1.